The quantitative estimate of drug-likeness (QED) is 0.514. The molecule has 5 rings (SSSR count). The van der Waals surface area contributed by atoms with Crippen molar-refractivity contribution in [1.29, 1.82) is 0 Å². The Balaban J connectivity index is 1.22. The minimum absolute atomic E-state index is 0.190. The van der Waals surface area contributed by atoms with Crippen LogP contribution in [0.15, 0.2) is 59.8 Å². The predicted molar refractivity (Wildman–Crippen MR) is 133 cm³/mol. The molecule has 1 aliphatic heterocycles. The van der Waals surface area contributed by atoms with E-state index in [1.54, 1.807) is 18.9 Å². The molecule has 0 radical (unpaired) electrons. The molecule has 2 heterocycles. The number of benzene rings is 2. The lowest BCUT2D eigenvalue weighted by molar-refractivity contribution is -0.128. The van der Waals surface area contributed by atoms with Gasteiger partial charge >= 0.3 is 0 Å². The van der Waals surface area contributed by atoms with Crippen LogP contribution in [-0.2, 0) is 17.6 Å². The number of anilines is 1. The summed E-state index contributed by atoms with van der Waals surface area (Å²) in [6, 6.07) is 18.5. The highest BCUT2D eigenvalue weighted by molar-refractivity contribution is 7.99. The Kier molecular flexibility index (Phi) is 6.58. The predicted octanol–water partition coefficient (Wildman–Crippen LogP) is 4.20. The van der Waals surface area contributed by atoms with Crippen LogP contribution in [0.5, 0.6) is 5.75 Å². The highest BCUT2D eigenvalue weighted by Gasteiger charge is 2.24. The topological polar surface area (TPSA) is 50.6 Å². The Bertz CT molecular complexity index is 1090. The van der Waals surface area contributed by atoms with Crippen molar-refractivity contribution in [2.45, 2.75) is 30.8 Å². The van der Waals surface area contributed by atoms with Crippen molar-refractivity contribution < 1.29 is 9.53 Å². The number of thioether (sulfide) groups is 1. The first-order chi connectivity index (χ1) is 16.2. The third-order valence-corrected chi connectivity index (χ3v) is 7.43. The van der Waals surface area contributed by atoms with Crippen LogP contribution in [0, 0.1) is 0 Å². The van der Waals surface area contributed by atoms with Gasteiger partial charge in [-0.2, -0.15) is 0 Å². The molecule has 1 fully saturated rings. The van der Waals surface area contributed by atoms with Gasteiger partial charge in [0.25, 0.3) is 0 Å². The fraction of sp³-hybridized carbons (Fsp3) is 0.385. The summed E-state index contributed by atoms with van der Waals surface area (Å²) in [6.07, 6.45) is 4.48. The van der Waals surface area contributed by atoms with Crippen LogP contribution in [0.2, 0.25) is 0 Å². The number of carbonyl (C=O) groups is 1. The number of amides is 1. The first-order valence-corrected chi connectivity index (χ1v) is 12.7. The zero-order chi connectivity index (χ0) is 22.6. The first kappa shape index (κ1) is 21.9. The van der Waals surface area contributed by atoms with Crippen LogP contribution in [0.4, 0.5) is 5.69 Å². The number of aromatic nitrogens is 2. The number of methoxy groups -OCH3 is 1. The van der Waals surface area contributed by atoms with E-state index in [4.69, 9.17) is 9.72 Å². The standard InChI is InChI=1S/C26H30N4O2S/c1-32-22-13-11-20(12-14-22)28-15-17-29(18-16-28)25(31)19-33-26-27-23-9-5-6-10-24(23)30(26)21-7-3-2-4-8-21/h2-4,7-8,11-14H,5-6,9-10,15-19H2,1H3. The molecule has 6 nitrogen and oxygen atoms in total. The lowest BCUT2D eigenvalue weighted by Crippen LogP contribution is -2.49. The van der Waals surface area contributed by atoms with Crippen molar-refractivity contribution >= 4 is 23.4 Å². The van der Waals surface area contributed by atoms with Crippen LogP contribution in [0.3, 0.4) is 0 Å². The molecule has 0 atom stereocenters. The molecule has 33 heavy (non-hydrogen) atoms. The molecule has 3 aromatic rings. The second-order valence-electron chi connectivity index (χ2n) is 8.52. The summed E-state index contributed by atoms with van der Waals surface area (Å²) >= 11 is 1.57. The Labute approximate surface area is 199 Å². The average molecular weight is 463 g/mol. The van der Waals surface area contributed by atoms with Crippen molar-refractivity contribution in [3.8, 4) is 11.4 Å². The van der Waals surface area contributed by atoms with Gasteiger partial charge in [-0.1, -0.05) is 30.0 Å². The lowest BCUT2D eigenvalue weighted by atomic mass is 10.0. The highest BCUT2D eigenvalue weighted by Crippen LogP contribution is 2.31. The van der Waals surface area contributed by atoms with Gasteiger partial charge in [-0.3, -0.25) is 9.36 Å². The highest BCUT2D eigenvalue weighted by atomic mass is 32.2. The number of imidazole rings is 1. The average Bonchev–Trinajstić information content (AvgIpc) is 3.26. The summed E-state index contributed by atoms with van der Waals surface area (Å²) in [4.78, 5) is 22.3. The summed E-state index contributed by atoms with van der Waals surface area (Å²) in [5, 5.41) is 0.943. The number of hydrogen-bond donors (Lipinski definition) is 0. The molecule has 172 valence electrons. The second kappa shape index (κ2) is 9.91. The van der Waals surface area contributed by atoms with Crippen LogP contribution in [-0.4, -0.2) is 59.4 Å². The molecule has 0 saturated carbocycles. The maximum atomic E-state index is 13.0. The molecule has 0 N–H and O–H groups in total. The molecule has 0 bridgehead atoms. The van der Waals surface area contributed by atoms with Crippen LogP contribution in [0.1, 0.15) is 24.2 Å². The SMILES string of the molecule is COc1ccc(N2CCN(C(=O)CSc3nc4c(n3-c3ccccc3)CCCC4)CC2)cc1. The van der Waals surface area contributed by atoms with Gasteiger partial charge < -0.3 is 14.5 Å². The Hall–Kier alpha value is -2.93. The molecule has 1 amide bonds. The van der Waals surface area contributed by atoms with Gasteiger partial charge in [0.1, 0.15) is 5.75 Å². The number of fused-ring (bicyclic) bond motifs is 1. The van der Waals surface area contributed by atoms with Gasteiger partial charge in [-0.25, -0.2) is 4.98 Å². The van der Waals surface area contributed by atoms with E-state index in [1.807, 2.05) is 23.1 Å². The molecule has 0 spiro atoms. The fourth-order valence-corrected chi connectivity index (χ4v) is 5.64. The van der Waals surface area contributed by atoms with Gasteiger partial charge in [-0.15, -0.1) is 0 Å². The number of rotatable bonds is 6. The lowest BCUT2D eigenvalue weighted by Gasteiger charge is -2.36. The van der Waals surface area contributed by atoms with E-state index in [-0.39, 0.29) is 5.91 Å². The van der Waals surface area contributed by atoms with Gasteiger partial charge in [0.2, 0.25) is 5.91 Å². The molecule has 1 aromatic heterocycles. The third kappa shape index (κ3) is 4.74. The van der Waals surface area contributed by atoms with Crippen LogP contribution >= 0.6 is 11.8 Å². The molecule has 0 unspecified atom stereocenters. The van der Waals surface area contributed by atoms with E-state index < -0.39 is 0 Å². The smallest absolute Gasteiger partial charge is 0.233 e. The van der Waals surface area contributed by atoms with E-state index in [0.29, 0.717) is 5.75 Å². The summed E-state index contributed by atoms with van der Waals surface area (Å²) in [5.41, 5.74) is 4.83. The third-order valence-electron chi connectivity index (χ3n) is 6.51. The minimum atomic E-state index is 0.190. The van der Waals surface area contributed by atoms with Gasteiger partial charge in [0.15, 0.2) is 5.16 Å². The zero-order valence-electron chi connectivity index (χ0n) is 19.1. The maximum absolute atomic E-state index is 13.0. The molecule has 7 heteroatoms. The summed E-state index contributed by atoms with van der Waals surface area (Å²) in [5.74, 6) is 1.47. The van der Waals surface area contributed by atoms with Crippen molar-refractivity contribution in [1.82, 2.24) is 14.5 Å². The molecule has 1 saturated heterocycles. The fourth-order valence-electron chi connectivity index (χ4n) is 4.68. The van der Waals surface area contributed by atoms with Crippen molar-refractivity contribution in [3.63, 3.8) is 0 Å². The molecule has 2 aromatic carbocycles. The summed E-state index contributed by atoms with van der Waals surface area (Å²) < 4.78 is 7.52. The monoisotopic (exact) mass is 462 g/mol. The maximum Gasteiger partial charge on any atom is 0.233 e. The van der Waals surface area contributed by atoms with Crippen LogP contribution in [0.25, 0.3) is 5.69 Å². The number of carbonyl (C=O) groups excluding carboxylic acids is 1. The number of nitrogens with zero attached hydrogens (tertiary/aromatic N) is 4. The van der Waals surface area contributed by atoms with Crippen molar-refractivity contribution in [3.05, 3.63) is 66.0 Å². The van der Waals surface area contributed by atoms with Crippen LogP contribution < -0.4 is 9.64 Å². The number of aryl methyl sites for hydroxylation is 1. The first-order valence-electron chi connectivity index (χ1n) is 11.7. The number of hydrogen-bond acceptors (Lipinski definition) is 5. The van der Waals surface area contributed by atoms with Gasteiger partial charge in [0, 0.05) is 43.2 Å². The Morgan fingerprint density at radius 1 is 0.939 bits per heavy atom. The molecule has 1 aliphatic carbocycles. The van der Waals surface area contributed by atoms with E-state index in [2.05, 4.69) is 45.9 Å². The Morgan fingerprint density at radius 3 is 2.39 bits per heavy atom. The van der Waals surface area contributed by atoms with E-state index in [1.165, 1.54) is 29.9 Å². The van der Waals surface area contributed by atoms with Gasteiger partial charge in [0.05, 0.1) is 18.6 Å². The number of ether oxygens (including phenoxy) is 1. The van der Waals surface area contributed by atoms with Crippen molar-refractivity contribution in [2.24, 2.45) is 0 Å². The normalized spacial score (nSPS) is 15.9. The minimum Gasteiger partial charge on any atom is -0.497 e. The van der Waals surface area contributed by atoms with Crippen molar-refractivity contribution in [2.75, 3.05) is 43.9 Å². The molecular formula is C26H30N4O2S. The van der Waals surface area contributed by atoms with E-state index in [0.717, 1.165) is 55.6 Å². The van der Waals surface area contributed by atoms with Gasteiger partial charge in [-0.05, 0) is 62.1 Å². The summed E-state index contributed by atoms with van der Waals surface area (Å²) in [6.45, 7) is 3.18. The summed E-state index contributed by atoms with van der Waals surface area (Å²) in [7, 11) is 1.68. The number of piperazine rings is 1. The number of para-hydroxylation sites is 1. The Morgan fingerprint density at radius 2 is 1.67 bits per heavy atom. The second-order valence-corrected chi connectivity index (χ2v) is 9.46. The molecule has 2 aliphatic rings. The largest absolute Gasteiger partial charge is 0.497 e. The van der Waals surface area contributed by atoms with E-state index in [9.17, 15) is 4.79 Å². The molecular weight excluding hydrogens is 432 g/mol. The van der Waals surface area contributed by atoms with E-state index >= 15 is 0 Å². The zero-order valence-corrected chi connectivity index (χ0v) is 19.9.